The van der Waals surface area contributed by atoms with Crippen molar-refractivity contribution in [2.75, 3.05) is 36.4 Å². The summed E-state index contributed by atoms with van der Waals surface area (Å²) in [5.74, 6) is 0.181. The summed E-state index contributed by atoms with van der Waals surface area (Å²) < 4.78 is 6.23. The number of anilines is 2. The Morgan fingerprint density at radius 1 is 1.15 bits per heavy atom. The summed E-state index contributed by atoms with van der Waals surface area (Å²) >= 11 is 8.21. The molecule has 33 heavy (non-hydrogen) atoms. The molecule has 2 N–H and O–H groups in total. The van der Waals surface area contributed by atoms with Crippen molar-refractivity contribution in [1.29, 1.82) is 0 Å². The van der Waals surface area contributed by atoms with Crippen LogP contribution in [0, 0.1) is 0 Å². The number of hydrogen-bond donors (Lipinski definition) is 2. The zero-order valence-electron chi connectivity index (χ0n) is 18.0. The monoisotopic (exact) mass is 485 g/mol. The zero-order chi connectivity index (χ0) is 22.6. The summed E-state index contributed by atoms with van der Waals surface area (Å²) in [4.78, 5) is 34.1. The van der Waals surface area contributed by atoms with E-state index in [4.69, 9.17) is 16.0 Å². The van der Waals surface area contributed by atoms with Gasteiger partial charge < -0.3 is 24.9 Å². The second-order valence-electron chi connectivity index (χ2n) is 8.95. The second-order valence-corrected chi connectivity index (χ2v) is 10.2. The van der Waals surface area contributed by atoms with Gasteiger partial charge in [-0.2, -0.15) is 0 Å². The standard InChI is InChI=1S/C23H24ClN5O3S/c24-15-12-14-13-16(20(30)28-7-9-29(10-8-28)22-25-6-11-33-22)32-19(14)17-18(15)26-21(31)27-23(17)4-2-1-3-5-23/h6,11-13H,1-5,7-10H2,(H2,26,27,31). The van der Waals surface area contributed by atoms with Crippen molar-refractivity contribution in [1.82, 2.24) is 15.2 Å². The lowest BCUT2D eigenvalue weighted by Crippen LogP contribution is -2.52. The summed E-state index contributed by atoms with van der Waals surface area (Å²) in [6, 6.07) is 3.31. The normalized spacial score (nSPS) is 20.0. The van der Waals surface area contributed by atoms with Crippen LogP contribution in [0.1, 0.15) is 48.2 Å². The van der Waals surface area contributed by atoms with Crippen LogP contribution in [0.4, 0.5) is 15.6 Å². The quantitative estimate of drug-likeness (QED) is 0.544. The lowest BCUT2D eigenvalue weighted by molar-refractivity contribution is 0.0716. The van der Waals surface area contributed by atoms with E-state index < -0.39 is 5.54 Å². The van der Waals surface area contributed by atoms with E-state index in [1.165, 1.54) is 0 Å². The Morgan fingerprint density at radius 3 is 2.67 bits per heavy atom. The van der Waals surface area contributed by atoms with E-state index >= 15 is 0 Å². The first kappa shape index (κ1) is 20.8. The smallest absolute Gasteiger partial charge is 0.319 e. The summed E-state index contributed by atoms with van der Waals surface area (Å²) in [6.45, 7) is 2.69. The van der Waals surface area contributed by atoms with Gasteiger partial charge in [0.05, 0.1) is 16.2 Å². The fraction of sp³-hybridized carbons (Fsp3) is 0.435. The Balaban J connectivity index is 1.33. The van der Waals surface area contributed by atoms with Crippen molar-refractivity contribution in [3.8, 4) is 0 Å². The zero-order valence-corrected chi connectivity index (χ0v) is 19.6. The van der Waals surface area contributed by atoms with Crippen molar-refractivity contribution in [3.63, 3.8) is 0 Å². The van der Waals surface area contributed by atoms with E-state index in [1.54, 1.807) is 29.7 Å². The Kier molecular flexibility index (Phi) is 4.99. The van der Waals surface area contributed by atoms with Gasteiger partial charge >= 0.3 is 6.03 Å². The first-order valence-electron chi connectivity index (χ1n) is 11.3. The number of aromatic nitrogens is 1. The van der Waals surface area contributed by atoms with Crippen molar-refractivity contribution >= 4 is 56.7 Å². The number of carbonyl (C=O) groups is 2. The molecule has 1 spiro atoms. The summed E-state index contributed by atoms with van der Waals surface area (Å²) in [6.07, 6.45) is 6.62. The van der Waals surface area contributed by atoms with Gasteiger partial charge in [-0.1, -0.05) is 30.9 Å². The van der Waals surface area contributed by atoms with Crippen LogP contribution in [-0.4, -0.2) is 48.0 Å². The van der Waals surface area contributed by atoms with Gasteiger partial charge in [0, 0.05) is 48.7 Å². The Bertz CT molecular complexity index is 1230. The fourth-order valence-electron chi connectivity index (χ4n) is 5.42. The van der Waals surface area contributed by atoms with E-state index in [9.17, 15) is 9.59 Å². The highest BCUT2D eigenvalue weighted by molar-refractivity contribution is 7.13. The second kappa shape index (κ2) is 7.92. The van der Waals surface area contributed by atoms with Crippen LogP contribution in [0.15, 0.2) is 28.1 Å². The van der Waals surface area contributed by atoms with Crippen LogP contribution in [-0.2, 0) is 5.54 Å². The molecule has 3 amide bonds. The predicted molar refractivity (Wildman–Crippen MR) is 128 cm³/mol. The molecular formula is C23H24ClN5O3S. The lowest BCUT2D eigenvalue weighted by Gasteiger charge is -2.42. The highest BCUT2D eigenvalue weighted by Crippen LogP contribution is 2.49. The SMILES string of the molecule is O=C1Nc2c(Cl)cc3cc(C(=O)N4CCN(c5nccs5)CC4)oc3c2C2(CCCCC2)N1. The van der Waals surface area contributed by atoms with Crippen LogP contribution in [0.25, 0.3) is 11.0 Å². The summed E-state index contributed by atoms with van der Waals surface area (Å²) in [7, 11) is 0. The molecule has 1 aromatic carbocycles. The maximum Gasteiger partial charge on any atom is 0.319 e. The molecule has 172 valence electrons. The van der Waals surface area contributed by atoms with Crippen LogP contribution < -0.4 is 15.5 Å². The fourth-order valence-corrected chi connectivity index (χ4v) is 6.37. The minimum absolute atomic E-state index is 0.125. The van der Waals surface area contributed by atoms with Crippen LogP contribution >= 0.6 is 22.9 Å². The Labute approximate surface area is 199 Å². The van der Waals surface area contributed by atoms with Gasteiger partial charge in [0.1, 0.15) is 5.58 Å². The maximum atomic E-state index is 13.3. The highest BCUT2D eigenvalue weighted by Gasteiger charge is 2.44. The number of piperazine rings is 1. The van der Waals surface area contributed by atoms with Gasteiger partial charge in [-0.3, -0.25) is 4.79 Å². The highest BCUT2D eigenvalue weighted by atomic mass is 35.5. The van der Waals surface area contributed by atoms with Crippen molar-refractivity contribution in [2.45, 2.75) is 37.6 Å². The van der Waals surface area contributed by atoms with Gasteiger partial charge in [0.15, 0.2) is 10.9 Å². The molecule has 3 aliphatic rings. The molecule has 1 aliphatic carbocycles. The molecule has 0 radical (unpaired) electrons. The number of carbonyl (C=O) groups excluding carboxylic acids is 2. The van der Waals surface area contributed by atoms with Gasteiger partial charge in [-0.05, 0) is 25.0 Å². The van der Waals surface area contributed by atoms with E-state index in [2.05, 4.69) is 20.5 Å². The minimum atomic E-state index is -0.517. The number of fused-ring (bicyclic) bond motifs is 4. The number of urea groups is 1. The Hall–Kier alpha value is -2.78. The lowest BCUT2D eigenvalue weighted by atomic mass is 9.74. The molecule has 0 bridgehead atoms. The topological polar surface area (TPSA) is 90.7 Å². The number of halogens is 1. The molecule has 3 aromatic rings. The van der Waals surface area contributed by atoms with Gasteiger partial charge in [0.2, 0.25) is 0 Å². The van der Waals surface area contributed by atoms with Gasteiger partial charge in [-0.15, -0.1) is 11.3 Å². The van der Waals surface area contributed by atoms with Crippen LogP contribution in [0.3, 0.4) is 0 Å². The molecule has 4 heterocycles. The molecule has 0 unspecified atom stereocenters. The average Bonchev–Trinajstić information content (AvgIpc) is 3.50. The van der Waals surface area contributed by atoms with Gasteiger partial charge in [0.25, 0.3) is 5.91 Å². The molecular weight excluding hydrogens is 462 g/mol. The number of furan rings is 1. The molecule has 2 aromatic heterocycles. The van der Waals surface area contributed by atoms with Crippen molar-refractivity contribution in [2.24, 2.45) is 0 Å². The molecule has 2 aliphatic heterocycles. The third-order valence-electron chi connectivity index (χ3n) is 7.00. The first-order chi connectivity index (χ1) is 16.0. The number of nitrogens with zero attached hydrogens (tertiary/aromatic N) is 3. The summed E-state index contributed by atoms with van der Waals surface area (Å²) in [5.41, 5.74) is 1.59. The molecule has 2 fully saturated rings. The average molecular weight is 486 g/mol. The number of benzene rings is 1. The molecule has 1 saturated carbocycles. The van der Waals surface area contributed by atoms with E-state index in [-0.39, 0.29) is 11.9 Å². The summed E-state index contributed by atoms with van der Waals surface area (Å²) in [5, 5.41) is 10.2. The number of amides is 3. The van der Waals surface area contributed by atoms with E-state index in [1.807, 2.05) is 10.3 Å². The molecule has 1 saturated heterocycles. The van der Waals surface area contributed by atoms with Crippen LogP contribution in [0.2, 0.25) is 5.02 Å². The molecule has 10 heteroatoms. The number of rotatable bonds is 2. The van der Waals surface area contributed by atoms with Gasteiger partial charge in [-0.25, -0.2) is 9.78 Å². The molecule has 6 rings (SSSR count). The maximum absolute atomic E-state index is 13.3. The predicted octanol–water partition coefficient (Wildman–Crippen LogP) is 4.80. The molecule has 8 nitrogen and oxygen atoms in total. The van der Waals surface area contributed by atoms with Crippen molar-refractivity contribution in [3.05, 3.63) is 40.1 Å². The van der Waals surface area contributed by atoms with Crippen molar-refractivity contribution < 1.29 is 14.0 Å². The number of nitrogens with one attached hydrogen (secondary N) is 2. The van der Waals surface area contributed by atoms with E-state index in [0.717, 1.165) is 61.3 Å². The van der Waals surface area contributed by atoms with E-state index in [0.29, 0.717) is 35.1 Å². The first-order valence-corrected chi connectivity index (χ1v) is 12.6. The minimum Gasteiger partial charge on any atom is -0.450 e. The molecule has 0 atom stereocenters. The third kappa shape index (κ3) is 3.45. The van der Waals surface area contributed by atoms with Crippen LogP contribution in [0.5, 0.6) is 0 Å². The number of thiazole rings is 1. The third-order valence-corrected chi connectivity index (χ3v) is 8.13. The Morgan fingerprint density at radius 2 is 1.94 bits per heavy atom. The number of hydrogen-bond acceptors (Lipinski definition) is 6. The largest absolute Gasteiger partial charge is 0.450 e.